The van der Waals surface area contributed by atoms with Crippen LogP contribution in [0.2, 0.25) is 0 Å². The molecule has 2 aromatic rings. The van der Waals surface area contributed by atoms with Crippen LogP contribution in [0.1, 0.15) is 0 Å². The fraction of sp³-hybridized carbons (Fsp3) is 0. The fourth-order valence-electron chi connectivity index (χ4n) is 1.73. The minimum atomic E-state index is -0.946. The SMILES string of the molecule is O=[N+]([O-])c1ccc(N=[N+]([O-])c2ccc([N+](=O)[O-])cc2[N+](=O)[O-])cc1. The smallest absolute Gasteiger partial charge is 0.350 e. The van der Waals surface area contributed by atoms with Crippen LogP contribution < -0.4 is 0 Å². The number of nitro groups is 3. The van der Waals surface area contributed by atoms with Gasteiger partial charge < -0.3 is 5.21 Å². The van der Waals surface area contributed by atoms with Gasteiger partial charge >= 0.3 is 11.4 Å². The van der Waals surface area contributed by atoms with Crippen LogP contribution in [0.25, 0.3) is 0 Å². The predicted molar refractivity (Wildman–Crippen MR) is 78.2 cm³/mol. The zero-order valence-electron chi connectivity index (χ0n) is 11.6. The Hall–Kier alpha value is -3.96. The first-order valence-electron chi connectivity index (χ1n) is 6.16. The molecule has 122 valence electrons. The van der Waals surface area contributed by atoms with Crippen LogP contribution in [0.3, 0.4) is 0 Å². The van der Waals surface area contributed by atoms with Crippen LogP contribution >= 0.6 is 0 Å². The molecule has 0 radical (unpaired) electrons. The summed E-state index contributed by atoms with van der Waals surface area (Å²) in [7, 11) is 0. The van der Waals surface area contributed by atoms with Gasteiger partial charge in [0.25, 0.3) is 11.4 Å². The molecule has 12 nitrogen and oxygen atoms in total. The van der Waals surface area contributed by atoms with Crippen molar-refractivity contribution in [1.82, 2.24) is 0 Å². The van der Waals surface area contributed by atoms with Crippen molar-refractivity contribution in [2.45, 2.75) is 0 Å². The van der Waals surface area contributed by atoms with Crippen LogP contribution in [-0.4, -0.2) is 19.6 Å². The summed E-state index contributed by atoms with van der Waals surface area (Å²) in [4.78, 5) is 29.7. The molecule has 2 aromatic carbocycles. The molecule has 0 amide bonds. The van der Waals surface area contributed by atoms with Gasteiger partial charge in [-0.2, -0.15) is 0 Å². The van der Waals surface area contributed by atoms with Gasteiger partial charge in [0.15, 0.2) is 0 Å². The number of hydrogen-bond acceptors (Lipinski definition) is 8. The number of nitro benzene ring substituents is 3. The Balaban J connectivity index is 2.44. The molecule has 2 rings (SSSR count). The number of hydrogen-bond donors (Lipinski definition) is 0. The lowest BCUT2D eigenvalue weighted by Gasteiger charge is -2.01. The van der Waals surface area contributed by atoms with E-state index in [2.05, 4.69) is 5.11 Å². The number of azo groups is 1. The molecule has 24 heavy (non-hydrogen) atoms. The normalized spacial score (nSPS) is 11.1. The zero-order valence-corrected chi connectivity index (χ0v) is 11.6. The van der Waals surface area contributed by atoms with Gasteiger partial charge in [-0.1, -0.05) is 0 Å². The predicted octanol–water partition coefficient (Wildman–Crippen LogP) is 3.34. The molecule has 0 saturated heterocycles. The summed E-state index contributed by atoms with van der Waals surface area (Å²) in [5.74, 6) is 0. The maximum Gasteiger partial charge on any atom is 0.350 e. The minimum Gasteiger partial charge on any atom is -0.594 e. The van der Waals surface area contributed by atoms with Crippen molar-refractivity contribution >= 4 is 28.4 Å². The zero-order chi connectivity index (χ0) is 17.9. The van der Waals surface area contributed by atoms with Crippen molar-refractivity contribution in [3.05, 3.63) is 78.0 Å². The average Bonchev–Trinajstić information content (AvgIpc) is 2.54. The van der Waals surface area contributed by atoms with E-state index in [0.29, 0.717) is 6.07 Å². The lowest BCUT2D eigenvalue weighted by Crippen LogP contribution is -1.99. The second-order valence-electron chi connectivity index (χ2n) is 4.33. The summed E-state index contributed by atoms with van der Waals surface area (Å²) in [6, 6.07) is 7.05. The summed E-state index contributed by atoms with van der Waals surface area (Å²) < 4.78 is 0. The molecule has 0 aliphatic rings. The highest BCUT2D eigenvalue weighted by atomic mass is 16.6. The molecule has 0 aromatic heterocycles. The topological polar surface area (TPSA) is 168 Å². The molecule has 12 heteroatoms. The molecule has 0 aliphatic heterocycles. The first-order valence-corrected chi connectivity index (χ1v) is 6.16. The number of non-ortho nitro benzene ring substituents is 2. The largest absolute Gasteiger partial charge is 0.594 e. The van der Waals surface area contributed by atoms with Gasteiger partial charge in [-0.15, -0.1) is 0 Å². The van der Waals surface area contributed by atoms with Crippen molar-refractivity contribution in [3.63, 3.8) is 0 Å². The van der Waals surface area contributed by atoms with Crippen molar-refractivity contribution in [2.24, 2.45) is 5.11 Å². The second-order valence-corrected chi connectivity index (χ2v) is 4.33. The van der Waals surface area contributed by atoms with Gasteiger partial charge in [0.05, 0.1) is 14.8 Å². The summed E-state index contributed by atoms with van der Waals surface area (Å²) >= 11 is 0. The Kier molecular flexibility index (Phi) is 4.40. The third kappa shape index (κ3) is 3.44. The van der Waals surface area contributed by atoms with E-state index >= 15 is 0 Å². The number of benzene rings is 2. The van der Waals surface area contributed by atoms with E-state index in [4.69, 9.17) is 0 Å². The van der Waals surface area contributed by atoms with Gasteiger partial charge in [0.1, 0.15) is 11.8 Å². The van der Waals surface area contributed by atoms with E-state index < -0.39 is 31.8 Å². The molecular weight excluding hydrogens is 326 g/mol. The Labute approximate surface area is 132 Å². The van der Waals surface area contributed by atoms with E-state index in [0.717, 1.165) is 24.3 Å². The average molecular weight is 333 g/mol. The van der Waals surface area contributed by atoms with Gasteiger partial charge in [-0.3, -0.25) is 30.3 Å². The maximum atomic E-state index is 12.0. The molecule has 0 heterocycles. The third-order valence-corrected chi connectivity index (χ3v) is 2.84. The molecule has 0 saturated carbocycles. The van der Waals surface area contributed by atoms with Gasteiger partial charge in [-0.05, 0) is 17.0 Å². The Morgan fingerprint density at radius 2 is 1.21 bits per heavy atom. The van der Waals surface area contributed by atoms with Gasteiger partial charge in [0, 0.05) is 29.4 Å². The van der Waals surface area contributed by atoms with Crippen LogP contribution in [0.4, 0.5) is 28.4 Å². The standard InChI is InChI=1S/C12H7N5O7/c18-14(13-8-1-3-9(4-2-8)15(19)20)11-6-5-10(16(21)22)7-12(11)17(23)24/h1-7H. The number of rotatable bonds is 5. The van der Waals surface area contributed by atoms with Crippen molar-refractivity contribution < 1.29 is 19.6 Å². The van der Waals surface area contributed by atoms with Crippen molar-refractivity contribution in [1.29, 1.82) is 0 Å². The van der Waals surface area contributed by atoms with Crippen molar-refractivity contribution in [2.75, 3.05) is 0 Å². The summed E-state index contributed by atoms with van der Waals surface area (Å²) in [6.45, 7) is 0. The third-order valence-electron chi connectivity index (χ3n) is 2.84. The van der Waals surface area contributed by atoms with Crippen LogP contribution in [-0.2, 0) is 0 Å². The Bertz CT molecular complexity index is 863. The van der Waals surface area contributed by atoms with E-state index in [-0.39, 0.29) is 16.2 Å². The quantitative estimate of drug-likeness (QED) is 0.349. The van der Waals surface area contributed by atoms with Crippen molar-refractivity contribution in [3.8, 4) is 0 Å². The fourth-order valence-corrected chi connectivity index (χ4v) is 1.73. The first-order chi connectivity index (χ1) is 11.3. The highest BCUT2D eigenvalue weighted by Crippen LogP contribution is 2.32. The Morgan fingerprint density at radius 3 is 1.71 bits per heavy atom. The monoisotopic (exact) mass is 333 g/mol. The molecule has 0 atom stereocenters. The highest BCUT2D eigenvalue weighted by molar-refractivity contribution is 5.58. The van der Waals surface area contributed by atoms with E-state index in [9.17, 15) is 35.6 Å². The highest BCUT2D eigenvalue weighted by Gasteiger charge is 2.26. The minimum absolute atomic E-state index is 0.0169. The van der Waals surface area contributed by atoms with Crippen LogP contribution in [0.15, 0.2) is 47.6 Å². The Morgan fingerprint density at radius 1 is 0.667 bits per heavy atom. The van der Waals surface area contributed by atoms with Crippen LogP contribution in [0.5, 0.6) is 0 Å². The molecule has 0 spiro atoms. The molecular formula is C12H7N5O7. The number of nitrogens with zero attached hydrogens (tertiary/aromatic N) is 5. The van der Waals surface area contributed by atoms with Gasteiger partial charge in [0.2, 0.25) is 0 Å². The molecule has 0 N–H and O–H groups in total. The van der Waals surface area contributed by atoms with Crippen LogP contribution in [0, 0.1) is 35.6 Å². The molecule has 0 aliphatic carbocycles. The summed E-state index contributed by atoms with van der Waals surface area (Å²) in [5, 5.41) is 47.7. The molecule has 0 bridgehead atoms. The van der Waals surface area contributed by atoms with E-state index in [1.54, 1.807) is 0 Å². The maximum absolute atomic E-state index is 12.0. The van der Waals surface area contributed by atoms with E-state index in [1.165, 1.54) is 12.1 Å². The second kappa shape index (κ2) is 6.43. The van der Waals surface area contributed by atoms with E-state index in [1.807, 2.05) is 0 Å². The molecule has 0 fully saturated rings. The lowest BCUT2D eigenvalue weighted by atomic mass is 10.2. The first kappa shape index (κ1) is 16.4. The van der Waals surface area contributed by atoms with Gasteiger partial charge in [-0.25, -0.2) is 0 Å². The molecule has 0 unspecified atom stereocenters. The summed E-state index contributed by atoms with van der Waals surface area (Å²) in [5.41, 5.74) is -2.04. The lowest BCUT2D eigenvalue weighted by molar-refractivity contribution is -0.455. The summed E-state index contributed by atoms with van der Waals surface area (Å²) in [6.07, 6.45) is 0.